The van der Waals surface area contributed by atoms with Gasteiger partial charge in [0.15, 0.2) is 5.60 Å². The van der Waals surface area contributed by atoms with Crippen LogP contribution in [0.5, 0.6) is 0 Å². The van der Waals surface area contributed by atoms with Crippen molar-refractivity contribution in [3.05, 3.63) is 125 Å². The van der Waals surface area contributed by atoms with Crippen LogP contribution in [0, 0.1) is 5.92 Å². The second-order valence-electron chi connectivity index (χ2n) is 14.5. The van der Waals surface area contributed by atoms with E-state index in [-0.39, 0.29) is 37.3 Å². The van der Waals surface area contributed by atoms with Gasteiger partial charge in [0.2, 0.25) is 14.3 Å². The summed E-state index contributed by atoms with van der Waals surface area (Å²) in [6.07, 6.45) is -0.398. The van der Waals surface area contributed by atoms with E-state index in [1.807, 2.05) is 73.7 Å². The molecule has 0 aromatic heterocycles. The quantitative estimate of drug-likeness (QED) is 0.114. The molecular formula is C40H43FN4O5Si. The maximum absolute atomic E-state index is 16.4. The number of aliphatic hydroxyl groups is 1. The van der Waals surface area contributed by atoms with Crippen LogP contribution in [0.4, 0.5) is 21.2 Å². The number of nitrogen functional groups attached to an aromatic ring is 1. The van der Waals surface area contributed by atoms with Crippen molar-refractivity contribution in [2.24, 2.45) is 5.92 Å². The number of hydrogen-bond acceptors (Lipinski definition) is 6. The lowest BCUT2D eigenvalue weighted by atomic mass is 9.82. The number of nitrogens with zero attached hydrogens (tertiary/aromatic N) is 2. The van der Waals surface area contributed by atoms with Crippen molar-refractivity contribution in [3.63, 3.8) is 0 Å². The summed E-state index contributed by atoms with van der Waals surface area (Å²) in [6.45, 7) is 5.47. The van der Waals surface area contributed by atoms with Crippen molar-refractivity contribution in [1.29, 1.82) is 0 Å². The van der Waals surface area contributed by atoms with Gasteiger partial charge < -0.3 is 34.8 Å². The second kappa shape index (κ2) is 13.4. The van der Waals surface area contributed by atoms with Crippen LogP contribution in [-0.4, -0.2) is 54.9 Å². The standard InChI is InChI=1S/C40H43FN4O5Si/c1-25-37(51(2,3)41)35(21-36(47)44-23-29-11-5-4-10-28(29)20-32(44)24-46)50-40(25)33-13-6-7-14-34(33)45(39(40)49)22-26-9-8-12-31(19-26)43-38(48)27-15-17-30(42)18-16-27/h4-19,25,32,35,37,46H,20-24,42H2,1-3H3,(H,43,48)/t25-,32-,35+,37-,40+/m0/s1. The van der Waals surface area contributed by atoms with E-state index in [2.05, 4.69) is 5.32 Å². The fourth-order valence-corrected chi connectivity index (χ4v) is 11.0. The third-order valence-electron chi connectivity index (χ3n) is 10.8. The van der Waals surface area contributed by atoms with E-state index in [1.165, 1.54) is 0 Å². The summed E-state index contributed by atoms with van der Waals surface area (Å²) in [5.41, 5.74) is 9.48. The monoisotopic (exact) mass is 706 g/mol. The van der Waals surface area contributed by atoms with E-state index in [0.29, 0.717) is 41.2 Å². The number of rotatable bonds is 8. The molecule has 0 bridgehead atoms. The van der Waals surface area contributed by atoms with Crippen LogP contribution >= 0.6 is 0 Å². The van der Waals surface area contributed by atoms with Crippen LogP contribution < -0.4 is 16.0 Å². The topological polar surface area (TPSA) is 125 Å². The van der Waals surface area contributed by atoms with E-state index >= 15 is 4.11 Å². The molecule has 51 heavy (non-hydrogen) atoms. The van der Waals surface area contributed by atoms with Gasteiger partial charge in [0.1, 0.15) is 0 Å². The second-order valence-corrected chi connectivity index (χ2v) is 18.3. The lowest BCUT2D eigenvalue weighted by molar-refractivity contribution is -0.151. The van der Waals surface area contributed by atoms with Crippen LogP contribution in [0.3, 0.4) is 0 Å². The van der Waals surface area contributed by atoms with Crippen molar-refractivity contribution < 1.29 is 28.3 Å². The predicted octanol–water partition coefficient (Wildman–Crippen LogP) is 6.18. The number of benzene rings is 4. The molecule has 0 saturated carbocycles. The lowest BCUT2D eigenvalue weighted by Crippen LogP contribution is -2.48. The predicted molar refractivity (Wildman–Crippen MR) is 197 cm³/mol. The van der Waals surface area contributed by atoms with E-state index < -0.39 is 37.6 Å². The molecular weight excluding hydrogens is 664 g/mol. The van der Waals surface area contributed by atoms with Gasteiger partial charge in [0.05, 0.1) is 37.4 Å². The van der Waals surface area contributed by atoms with Crippen LogP contribution in [-0.2, 0) is 39.4 Å². The molecule has 7 rings (SSSR count). The number of aliphatic hydroxyl groups excluding tert-OH is 1. The Morgan fingerprint density at radius 1 is 1.00 bits per heavy atom. The zero-order chi connectivity index (χ0) is 36.1. The highest BCUT2D eigenvalue weighted by atomic mass is 28.4. The molecule has 11 heteroatoms. The number of para-hydroxylation sites is 1. The first-order valence-electron chi connectivity index (χ1n) is 17.4. The zero-order valence-corrected chi connectivity index (χ0v) is 30.0. The first-order chi connectivity index (χ1) is 24.4. The van der Waals surface area contributed by atoms with Crippen LogP contribution in [0.1, 0.15) is 46.0 Å². The number of hydrogen-bond donors (Lipinski definition) is 3. The minimum Gasteiger partial charge on any atom is -0.399 e. The highest BCUT2D eigenvalue weighted by molar-refractivity contribution is 6.72. The zero-order valence-electron chi connectivity index (χ0n) is 29.0. The number of ether oxygens (including phenoxy) is 1. The molecule has 0 aliphatic carbocycles. The molecule has 0 radical (unpaired) electrons. The number of amides is 3. The molecule has 4 aromatic carbocycles. The van der Waals surface area contributed by atoms with E-state index in [1.54, 1.807) is 53.2 Å². The molecule has 3 aliphatic heterocycles. The molecule has 3 amide bonds. The van der Waals surface area contributed by atoms with Gasteiger partial charge in [-0.2, -0.15) is 0 Å². The van der Waals surface area contributed by atoms with Gasteiger partial charge in [-0.3, -0.25) is 14.4 Å². The van der Waals surface area contributed by atoms with Crippen molar-refractivity contribution in [2.75, 3.05) is 22.6 Å². The van der Waals surface area contributed by atoms with Gasteiger partial charge in [-0.15, -0.1) is 0 Å². The minimum atomic E-state index is -3.51. The van der Waals surface area contributed by atoms with E-state index in [4.69, 9.17) is 10.5 Å². The summed E-state index contributed by atoms with van der Waals surface area (Å²) in [6, 6.07) is 28.9. The molecule has 3 aliphatic rings. The summed E-state index contributed by atoms with van der Waals surface area (Å²) < 4.78 is 23.3. The third kappa shape index (κ3) is 6.23. The van der Waals surface area contributed by atoms with E-state index in [9.17, 15) is 19.5 Å². The molecule has 4 aromatic rings. The number of anilines is 3. The van der Waals surface area contributed by atoms with Crippen LogP contribution in [0.2, 0.25) is 18.6 Å². The van der Waals surface area contributed by atoms with Gasteiger partial charge in [0, 0.05) is 40.5 Å². The average Bonchev–Trinajstić information content (AvgIpc) is 3.54. The molecule has 1 spiro atoms. The molecule has 264 valence electrons. The van der Waals surface area contributed by atoms with Crippen LogP contribution in [0.15, 0.2) is 97.1 Å². The Hall–Kier alpha value is -4.84. The number of halogens is 1. The highest BCUT2D eigenvalue weighted by Crippen LogP contribution is 2.60. The third-order valence-corrected chi connectivity index (χ3v) is 13.3. The number of carbonyl (C=O) groups excluding carboxylic acids is 3. The van der Waals surface area contributed by atoms with Crippen molar-refractivity contribution in [1.82, 2.24) is 4.90 Å². The molecule has 9 nitrogen and oxygen atoms in total. The molecule has 0 unspecified atom stereocenters. The summed E-state index contributed by atoms with van der Waals surface area (Å²) >= 11 is 0. The maximum Gasteiger partial charge on any atom is 0.264 e. The van der Waals surface area contributed by atoms with Gasteiger partial charge in [0.25, 0.3) is 11.8 Å². The van der Waals surface area contributed by atoms with E-state index in [0.717, 1.165) is 16.7 Å². The number of nitrogens with two attached hydrogens (primary N) is 1. The van der Waals surface area contributed by atoms with Crippen molar-refractivity contribution in [2.45, 2.75) is 69.2 Å². The Morgan fingerprint density at radius 2 is 1.71 bits per heavy atom. The molecule has 5 atom stereocenters. The molecule has 1 fully saturated rings. The Labute approximate surface area is 298 Å². The molecule has 1 saturated heterocycles. The fourth-order valence-electron chi connectivity index (χ4n) is 8.46. The summed E-state index contributed by atoms with van der Waals surface area (Å²) in [5.74, 6) is -1.37. The Bertz CT molecular complexity index is 1980. The van der Waals surface area contributed by atoms with Gasteiger partial charge in [-0.05, 0) is 78.7 Å². The highest BCUT2D eigenvalue weighted by Gasteiger charge is 2.67. The Morgan fingerprint density at radius 3 is 2.43 bits per heavy atom. The summed E-state index contributed by atoms with van der Waals surface area (Å²) in [5, 5.41) is 13.2. The SMILES string of the molecule is C[C@H]1[C@H]([Si](C)(C)F)[C@@H](CC(=O)N2Cc3ccccc3C[C@H]2CO)O[C@]12C(=O)N(Cc1cccc(NC(=O)c3ccc(N)cc3)c1)c1ccccc12. The Kier molecular flexibility index (Phi) is 9.07. The van der Waals surface area contributed by atoms with Crippen molar-refractivity contribution in [3.8, 4) is 0 Å². The molecule has 4 N–H and O–H groups in total. The lowest BCUT2D eigenvalue weighted by Gasteiger charge is -2.37. The normalized spacial score (nSPS) is 24.1. The maximum atomic E-state index is 16.4. The smallest absolute Gasteiger partial charge is 0.264 e. The first kappa shape index (κ1) is 34.6. The minimum absolute atomic E-state index is 0.0963. The van der Waals surface area contributed by atoms with Crippen LogP contribution in [0.25, 0.3) is 0 Å². The number of carbonyl (C=O) groups is 3. The van der Waals surface area contributed by atoms with Gasteiger partial charge in [-0.1, -0.05) is 61.5 Å². The summed E-state index contributed by atoms with van der Waals surface area (Å²) in [7, 11) is -3.51. The number of nitrogens with one attached hydrogen (secondary N) is 1. The molecule has 3 heterocycles. The average molecular weight is 707 g/mol. The Balaban J connectivity index is 1.16. The van der Waals surface area contributed by atoms with Gasteiger partial charge >= 0.3 is 0 Å². The summed E-state index contributed by atoms with van der Waals surface area (Å²) in [4.78, 5) is 45.1. The van der Waals surface area contributed by atoms with Gasteiger partial charge in [-0.25, -0.2) is 0 Å². The number of fused-ring (bicyclic) bond motifs is 3. The first-order valence-corrected chi connectivity index (χ1v) is 20.4. The van der Waals surface area contributed by atoms with Crippen molar-refractivity contribution >= 4 is 43.2 Å². The largest absolute Gasteiger partial charge is 0.399 e. The fraction of sp³-hybridized carbons (Fsp3) is 0.325.